The Labute approximate surface area is 219 Å². The van der Waals surface area contributed by atoms with Gasteiger partial charge in [-0.15, -0.1) is 23.2 Å². The molecule has 4 rings (SSSR count). The van der Waals surface area contributed by atoms with E-state index < -0.39 is 33.8 Å². The monoisotopic (exact) mass is 559 g/mol. The molecule has 0 aliphatic heterocycles. The molecule has 0 heterocycles. The van der Waals surface area contributed by atoms with Crippen LogP contribution in [0.2, 0.25) is 15.1 Å². The van der Waals surface area contributed by atoms with Crippen LogP contribution >= 0.6 is 58.0 Å². The van der Waals surface area contributed by atoms with Crippen LogP contribution < -0.4 is 16.4 Å². The van der Waals surface area contributed by atoms with Crippen molar-refractivity contribution >= 4 is 86.9 Å². The van der Waals surface area contributed by atoms with Crippen LogP contribution in [0.5, 0.6) is 0 Å². The number of amides is 2. The lowest BCUT2D eigenvalue weighted by molar-refractivity contribution is -0.117. The van der Waals surface area contributed by atoms with Crippen molar-refractivity contribution in [3.63, 3.8) is 0 Å². The lowest BCUT2D eigenvalue weighted by Gasteiger charge is -2.11. The molecule has 1 fully saturated rings. The smallest absolute Gasteiger partial charge is 0.257 e. The summed E-state index contributed by atoms with van der Waals surface area (Å²) in [4.78, 5) is 25.6. The maximum atomic E-state index is 13.6. The first-order valence-electron chi connectivity index (χ1n) is 9.78. The molecule has 1 aliphatic rings. The Kier molecular flexibility index (Phi) is 6.91. The second-order valence-electron chi connectivity index (χ2n) is 7.71. The van der Waals surface area contributed by atoms with Gasteiger partial charge in [-0.3, -0.25) is 9.59 Å². The molecule has 176 valence electrons. The molecule has 0 bridgehead atoms. The Morgan fingerprint density at radius 3 is 2.24 bits per heavy atom. The zero-order valence-corrected chi connectivity index (χ0v) is 20.8. The number of anilines is 3. The van der Waals surface area contributed by atoms with Gasteiger partial charge in [0.2, 0.25) is 5.91 Å². The first kappa shape index (κ1) is 24.9. The van der Waals surface area contributed by atoms with Gasteiger partial charge in [-0.2, -0.15) is 0 Å². The Balaban J connectivity index is 1.51. The van der Waals surface area contributed by atoms with Crippen LogP contribution in [0, 0.1) is 11.7 Å². The molecule has 1 aliphatic carbocycles. The van der Waals surface area contributed by atoms with Crippen LogP contribution in [0.15, 0.2) is 54.6 Å². The normalized spacial score (nSPS) is 18.3. The molecule has 1 saturated carbocycles. The molecule has 11 heteroatoms. The molecular formula is C23H15Cl5FN3O2. The molecule has 2 amide bonds. The van der Waals surface area contributed by atoms with Gasteiger partial charge >= 0.3 is 0 Å². The molecule has 4 N–H and O–H groups in total. The van der Waals surface area contributed by atoms with Crippen molar-refractivity contribution < 1.29 is 14.0 Å². The molecule has 3 aromatic rings. The highest BCUT2D eigenvalue weighted by molar-refractivity contribution is 6.53. The summed E-state index contributed by atoms with van der Waals surface area (Å²) < 4.78 is 12.2. The van der Waals surface area contributed by atoms with Crippen LogP contribution in [0.1, 0.15) is 21.8 Å². The lowest BCUT2D eigenvalue weighted by Crippen LogP contribution is -2.18. The number of hydrogen-bond acceptors (Lipinski definition) is 3. The number of nitrogen functional groups attached to an aromatic ring is 1. The van der Waals surface area contributed by atoms with Crippen LogP contribution in [-0.2, 0) is 4.79 Å². The number of nitrogens with two attached hydrogens (primary N) is 1. The predicted octanol–water partition coefficient (Wildman–Crippen LogP) is 7.15. The van der Waals surface area contributed by atoms with E-state index in [4.69, 9.17) is 63.7 Å². The SMILES string of the molecule is Nc1cc(F)cc(NC(=O)c2cc(NC(=O)[C@H]3[C@H](c4ccc(Cl)c(Cl)c4)C3(Cl)Cl)ccc2Cl)c1. The first-order chi connectivity index (χ1) is 16.0. The largest absolute Gasteiger partial charge is 0.399 e. The number of halogens is 6. The Morgan fingerprint density at radius 2 is 1.56 bits per heavy atom. The average Bonchev–Trinajstić information content (AvgIpc) is 3.32. The fourth-order valence-electron chi connectivity index (χ4n) is 3.65. The zero-order valence-electron chi connectivity index (χ0n) is 17.0. The highest BCUT2D eigenvalue weighted by atomic mass is 35.5. The summed E-state index contributed by atoms with van der Waals surface area (Å²) in [5.41, 5.74) is 6.93. The van der Waals surface area contributed by atoms with Crippen molar-refractivity contribution in [2.75, 3.05) is 16.4 Å². The highest BCUT2D eigenvalue weighted by Crippen LogP contribution is 2.65. The predicted molar refractivity (Wildman–Crippen MR) is 136 cm³/mol. The molecule has 0 saturated heterocycles. The van der Waals surface area contributed by atoms with E-state index in [0.717, 1.165) is 12.1 Å². The second-order valence-corrected chi connectivity index (χ2v) is 10.4. The van der Waals surface area contributed by atoms with Crippen molar-refractivity contribution in [3.8, 4) is 0 Å². The van der Waals surface area contributed by atoms with Crippen molar-refractivity contribution in [1.82, 2.24) is 0 Å². The number of nitrogens with one attached hydrogen (secondary N) is 2. The molecule has 0 radical (unpaired) electrons. The van der Waals surface area contributed by atoms with E-state index in [1.54, 1.807) is 18.2 Å². The summed E-state index contributed by atoms with van der Waals surface area (Å²) in [6.45, 7) is 0. The van der Waals surface area contributed by atoms with Crippen LogP contribution in [0.25, 0.3) is 0 Å². The maximum Gasteiger partial charge on any atom is 0.257 e. The molecule has 3 aromatic carbocycles. The van der Waals surface area contributed by atoms with Crippen molar-refractivity contribution in [2.24, 2.45) is 5.92 Å². The molecule has 0 unspecified atom stereocenters. The van der Waals surface area contributed by atoms with E-state index in [9.17, 15) is 14.0 Å². The van der Waals surface area contributed by atoms with Gasteiger partial charge in [0.25, 0.3) is 5.91 Å². The highest BCUT2D eigenvalue weighted by Gasteiger charge is 2.67. The van der Waals surface area contributed by atoms with E-state index in [1.165, 1.54) is 24.3 Å². The van der Waals surface area contributed by atoms with Gasteiger partial charge in [0.05, 0.1) is 26.5 Å². The summed E-state index contributed by atoms with van der Waals surface area (Å²) in [6.07, 6.45) is 0. The summed E-state index contributed by atoms with van der Waals surface area (Å²) in [5.74, 6) is -2.94. The van der Waals surface area contributed by atoms with E-state index in [1.807, 2.05) is 0 Å². The number of hydrogen-bond donors (Lipinski definition) is 3. The van der Waals surface area contributed by atoms with Crippen LogP contribution in [-0.4, -0.2) is 16.1 Å². The van der Waals surface area contributed by atoms with Crippen molar-refractivity contribution in [1.29, 1.82) is 0 Å². The van der Waals surface area contributed by atoms with Gasteiger partial charge in [0.1, 0.15) is 10.2 Å². The van der Waals surface area contributed by atoms with Gasteiger partial charge in [-0.05, 0) is 54.1 Å². The van der Waals surface area contributed by atoms with E-state index in [0.29, 0.717) is 21.3 Å². The average molecular weight is 562 g/mol. The molecule has 2 atom stereocenters. The molecule has 0 spiro atoms. The van der Waals surface area contributed by atoms with E-state index >= 15 is 0 Å². The third kappa shape index (κ3) is 5.07. The summed E-state index contributed by atoms with van der Waals surface area (Å²) in [6, 6.07) is 12.9. The number of rotatable bonds is 5. The molecule has 34 heavy (non-hydrogen) atoms. The zero-order chi connectivity index (χ0) is 24.8. The topological polar surface area (TPSA) is 84.2 Å². The third-order valence-electron chi connectivity index (χ3n) is 5.30. The number of carbonyl (C=O) groups excluding carboxylic acids is 2. The molecule has 0 aromatic heterocycles. The fourth-order valence-corrected chi connectivity index (χ4v) is 4.99. The molecular weight excluding hydrogens is 547 g/mol. The third-order valence-corrected chi connectivity index (χ3v) is 7.30. The van der Waals surface area contributed by atoms with Crippen LogP contribution in [0.4, 0.5) is 21.5 Å². The van der Waals surface area contributed by atoms with Crippen LogP contribution in [0.3, 0.4) is 0 Å². The van der Waals surface area contributed by atoms with Gasteiger partial charge in [-0.1, -0.05) is 40.9 Å². The Morgan fingerprint density at radius 1 is 0.853 bits per heavy atom. The summed E-state index contributed by atoms with van der Waals surface area (Å²) >= 11 is 31.0. The number of alkyl halides is 2. The maximum absolute atomic E-state index is 13.6. The lowest BCUT2D eigenvalue weighted by atomic mass is 10.1. The van der Waals surface area contributed by atoms with Gasteiger partial charge < -0.3 is 16.4 Å². The Hall–Kier alpha value is -2.22. The number of carbonyl (C=O) groups is 2. The minimum absolute atomic E-state index is 0.0575. The van der Waals surface area contributed by atoms with Gasteiger partial charge in [0.15, 0.2) is 0 Å². The van der Waals surface area contributed by atoms with Gasteiger partial charge in [-0.25, -0.2) is 4.39 Å². The Bertz CT molecular complexity index is 1300. The van der Waals surface area contributed by atoms with E-state index in [2.05, 4.69) is 10.6 Å². The van der Waals surface area contributed by atoms with E-state index in [-0.39, 0.29) is 22.0 Å². The fraction of sp³-hybridized carbons (Fsp3) is 0.130. The number of benzene rings is 3. The second kappa shape index (κ2) is 9.44. The van der Waals surface area contributed by atoms with Crippen molar-refractivity contribution in [2.45, 2.75) is 10.3 Å². The first-order valence-corrected chi connectivity index (χ1v) is 11.7. The quantitative estimate of drug-likeness (QED) is 0.229. The molecule has 5 nitrogen and oxygen atoms in total. The van der Waals surface area contributed by atoms with Crippen molar-refractivity contribution in [3.05, 3.63) is 86.6 Å². The van der Waals surface area contributed by atoms with Gasteiger partial charge in [0, 0.05) is 23.0 Å². The minimum Gasteiger partial charge on any atom is -0.399 e. The summed E-state index contributed by atoms with van der Waals surface area (Å²) in [5, 5.41) is 6.05. The minimum atomic E-state index is -1.34. The standard InChI is InChI=1S/C23H15Cl5FN3O2/c24-16-4-2-13(9-15(16)21(33)32-14-7-11(29)6-12(30)8-14)31-22(34)20-19(23(20,27)28)10-1-3-17(25)18(26)5-10/h1-9,19-20H,30H2,(H,31,34)(H,32,33)/t19-,20+/m0/s1. The summed E-state index contributed by atoms with van der Waals surface area (Å²) in [7, 11) is 0.